The number of rotatable bonds is 8. The van der Waals surface area contributed by atoms with Crippen molar-refractivity contribution in [3.63, 3.8) is 0 Å². The van der Waals surface area contributed by atoms with E-state index < -0.39 is 8.32 Å². The van der Waals surface area contributed by atoms with E-state index in [4.69, 9.17) is 9.96 Å². The number of nitrogens with zero attached hydrogens (tertiary/aromatic N) is 3. The average Bonchev–Trinajstić information content (AvgIpc) is 2.49. The molecule has 2 atom stereocenters. The molecule has 0 amide bonds. The topological polar surface area (TPSA) is 58.0 Å². The highest BCUT2D eigenvalue weighted by Crippen LogP contribution is 2.40. The summed E-state index contributed by atoms with van der Waals surface area (Å²) in [5.74, 6) is 0. The molecule has 0 saturated carbocycles. The molecule has 1 aromatic carbocycles. The van der Waals surface area contributed by atoms with Gasteiger partial charge < -0.3 is 4.43 Å². The molecule has 5 heteroatoms. The Bertz CT molecular complexity index is 545. The minimum atomic E-state index is -1.96. The largest absolute Gasteiger partial charge is 0.413 e. The van der Waals surface area contributed by atoms with E-state index in [9.17, 15) is 0 Å². The first kappa shape index (κ1) is 19.5. The Hall–Kier alpha value is -1.55. The fourth-order valence-corrected chi connectivity index (χ4v) is 3.54. The number of benzene rings is 1. The molecular formula is C18H29N3OSi. The number of hydrogen-bond donors (Lipinski definition) is 0. The molecule has 0 unspecified atom stereocenters. The molecule has 4 nitrogen and oxygen atoms in total. The lowest BCUT2D eigenvalue weighted by molar-refractivity contribution is 0.144. The average molecular weight is 332 g/mol. The van der Waals surface area contributed by atoms with Gasteiger partial charge in [-0.2, -0.15) is 0 Å². The second-order valence-electron chi connectivity index (χ2n) is 7.34. The van der Waals surface area contributed by atoms with E-state index in [-0.39, 0.29) is 17.2 Å². The van der Waals surface area contributed by atoms with Crippen molar-refractivity contribution >= 4 is 8.32 Å². The van der Waals surface area contributed by atoms with Gasteiger partial charge in [-0.05, 0) is 42.1 Å². The Morgan fingerprint density at radius 1 is 1.30 bits per heavy atom. The summed E-state index contributed by atoms with van der Waals surface area (Å²) >= 11 is 0. The second kappa shape index (κ2) is 8.34. The molecule has 0 radical (unpaired) electrons. The van der Waals surface area contributed by atoms with Crippen LogP contribution in [0.15, 0.2) is 48.1 Å². The lowest BCUT2D eigenvalue weighted by Crippen LogP contribution is -2.45. The monoisotopic (exact) mass is 331 g/mol. The predicted octanol–water partition coefficient (Wildman–Crippen LogP) is 6.39. The SMILES string of the molecule is C=CCC[C@H](O[Si](C)(C)C(C)(C)C)[C@@H](N=[N+]=[N-])c1ccccc1. The molecule has 0 spiro atoms. The zero-order valence-corrected chi connectivity index (χ0v) is 16.0. The van der Waals surface area contributed by atoms with Crippen LogP contribution in [0.5, 0.6) is 0 Å². The van der Waals surface area contributed by atoms with Crippen LogP contribution in [0.1, 0.15) is 45.2 Å². The summed E-state index contributed by atoms with van der Waals surface area (Å²) in [5, 5.41) is 4.17. The van der Waals surface area contributed by atoms with Gasteiger partial charge in [-0.1, -0.05) is 62.3 Å². The Kier molecular flexibility index (Phi) is 7.07. The van der Waals surface area contributed by atoms with E-state index in [2.05, 4.69) is 50.5 Å². The van der Waals surface area contributed by atoms with Gasteiger partial charge in [0.1, 0.15) is 0 Å². The lowest BCUT2D eigenvalue weighted by atomic mass is 9.99. The quantitative estimate of drug-likeness (QED) is 0.179. The fourth-order valence-electron chi connectivity index (χ4n) is 2.18. The first-order valence-electron chi connectivity index (χ1n) is 8.11. The van der Waals surface area contributed by atoms with E-state index in [1.54, 1.807) is 0 Å². The van der Waals surface area contributed by atoms with Gasteiger partial charge in [0.25, 0.3) is 0 Å². The van der Waals surface area contributed by atoms with Gasteiger partial charge in [0, 0.05) is 4.91 Å². The van der Waals surface area contributed by atoms with Crippen LogP contribution in [0.2, 0.25) is 18.1 Å². The van der Waals surface area contributed by atoms with Gasteiger partial charge in [0.2, 0.25) is 0 Å². The van der Waals surface area contributed by atoms with Crippen molar-refractivity contribution in [1.82, 2.24) is 0 Å². The van der Waals surface area contributed by atoms with Crippen LogP contribution >= 0.6 is 0 Å². The molecule has 1 rings (SSSR count). The Morgan fingerprint density at radius 3 is 2.39 bits per heavy atom. The maximum atomic E-state index is 9.02. The Balaban J connectivity index is 3.16. The zero-order valence-electron chi connectivity index (χ0n) is 15.0. The maximum absolute atomic E-state index is 9.02. The first-order valence-corrected chi connectivity index (χ1v) is 11.0. The molecule has 0 fully saturated rings. The lowest BCUT2D eigenvalue weighted by Gasteiger charge is -2.41. The molecule has 0 heterocycles. The van der Waals surface area contributed by atoms with Crippen LogP contribution < -0.4 is 0 Å². The molecule has 0 aliphatic rings. The summed E-state index contributed by atoms with van der Waals surface area (Å²) in [6, 6.07) is 9.57. The fraction of sp³-hybridized carbons (Fsp3) is 0.556. The second-order valence-corrected chi connectivity index (χ2v) is 12.1. The normalized spacial score (nSPS) is 14.7. The molecule has 23 heavy (non-hydrogen) atoms. The predicted molar refractivity (Wildman–Crippen MR) is 99.8 cm³/mol. The van der Waals surface area contributed by atoms with Gasteiger partial charge in [0.15, 0.2) is 8.32 Å². The van der Waals surface area contributed by atoms with E-state index in [1.165, 1.54) is 0 Å². The van der Waals surface area contributed by atoms with Crippen molar-refractivity contribution in [2.45, 2.75) is 63.9 Å². The number of hydrogen-bond acceptors (Lipinski definition) is 2. The highest BCUT2D eigenvalue weighted by molar-refractivity contribution is 6.74. The van der Waals surface area contributed by atoms with Crippen LogP contribution in [0.4, 0.5) is 0 Å². The molecule has 0 N–H and O–H groups in total. The summed E-state index contributed by atoms with van der Waals surface area (Å²) in [6.07, 6.45) is 3.39. The van der Waals surface area contributed by atoms with Crippen LogP contribution in [0.25, 0.3) is 10.4 Å². The summed E-state index contributed by atoms with van der Waals surface area (Å²) in [5.41, 5.74) is 10.0. The molecule has 1 aromatic rings. The van der Waals surface area contributed by atoms with Gasteiger partial charge in [-0.3, -0.25) is 0 Å². The molecule has 0 bridgehead atoms. The highest BCUT2D eigenvalue weighted by atomic mass is 28.4. The summed E-state index contributed by atoms with van der Waals surface area (Å²) in [4.78, 5) is 3.07. The third-order valence-corrected chi connectivity index (χ3v) is 9.08. The number of allylic oxidation sites excluding steroid dienone is 1. The van der Waals surface area contributed by atoms with E-state index in [1.807, 2.05) is 36.4 Å². The standard InChI is InChI=1S/C18H29N3OSi/c1-7-8-14-16(22-23(5,6)18(2,3)4)17(20-21-19)15-12-10-9-11-13-15/h7,9-13,16-17H,1,8,14H2,2-6H3/t16-,17-/m0/s1. The Labute approximate surface area is 141 Å². The van der Waals surface area contributed by atoms with Gasteiger partial charge in [-0.25, -0.2) is 0 Å². The van der Waals surface area contributed by atoms with Crippen LogP contribution in [-0.2, 0) is 4.43 Å². The van der Waals surface area contributed by atoms with Gasteiger partial charge in [0.05, 0.1) is 12.1 Å². The minimum Gasteiger partial charge on any atom is -0.413 e. The highest BCUT2D eigenvalue weighted by Gasteiger charge is 2.40. The van der Waals surface area contributed by atoms with Crippen LogP contribution in [0.3, 0.4) is 0 Å². The molecule has 0 saturated heterocycles. The molecule has 0 aliphatic heterocycles. The molecular weight excluding hydrogens is 302 g/mol. The van der Waals surface area contributed by atoms with Crippen molar-refractivity contribution in [2.75, 3.05) is 0 Å². The first-order chi connectivity index (χ1) is 10.7. The van der Waals surface area contributed by atoms with Crippen molar-refractivity contribution in [3.8, 4) is 0 Å². The summed E-state index contributed by atoms with van der Waals surface area (Å²) in [7, 11) is -1.96. The van der Waals surface area contributed by atoms with Crippen LogP contribution in [-0.4, -0.2) is 14.4 Å². The smallest absolute Gasteiger partial charge is 0.192 e. The maximum Gasteiger partial charge on any atom is 0.192 e. The van der Waals surface area contributed by atoms with Gasteiger partial charge >= 0.3 is 0 Å². The van der Waals surface area contributed by atoms with E-state index >= 15 is 0 Å². The third kappa shape index (κ3) is 5.54. The van der Waals surface area contributed by atoms with E-state index in [0.717, 1.165) is 18.4 Å². The summed E-state index contributed by atoms with van der Waals surface area (Å²) in [6.45, 7) is 14.9. The van der Waals surface area contributed by atoms with Crippen molar-refractivity contribution < 1.29 is 4.43 Å². The van der Waals surface area contributed by atoms with Gasteiger partial charge in [-0.15, -0.1) is 6.58 Å². The van der Waals surface area contributed by atoms with Crippen molar-refractivity contribution in [1.29, 1.82) is 0 Å². The molecule has 0 aliphatic carbocycles. The van der Waals surface area contributed by atoms with Crippen molar-refractivity contribution in [3.05, 3.63) is 59.0 Å². The Morgan fingerprint density at radius 2 is 1.91 bits per heavy atom. The summed E-state index contributed by atoms with van der Waals surface area (Å²) < 4.78 is 6.60. The number of azide groups is 1. The third-order valence-electron chi connectivity index (χ3n) is 4.58. The van der Waals surface area contributed by atoms with E-state index in [0.29, 0.717) is 0 Å². The zero-order chi connectivity index (χ0) is 17.5. The van der Waals surface area contributed by atoms with Crippen LogP contribution in [0, 0.1) is 0 Å². The van der Waals surface area contributed by atoms with Crippen molar-refractivity contribution in [2.24, 2.45) is 5.11 Å². The molecule has 126 valence electrons. The molecule has 0 aromatic heterocycles. The minimum absolute atomic E-state index is 0.108.